The lowest BCUT2D eigenvalue weighted by Crippen LogP contribution is -2.13. The van der Waals surface area contributed by atoms with Gasteiger partial charge in [-0.15, -0.1) is 11.3 Å². The molecule has 0 aliphatic heterocycles. The maximum absolute atomic E-state index is 12.9. The number of nitrogens with zero attached hydrogens (tertiary/aromatic N) is 1. The van der Waals surface area contributed by atoms with E-state index in [9.17, 15) is 4.79 Å². The summed E-state index contributed by atoms with van der Waals surface area (Å²) in [5.41, 5.74) is 2.75. The van der Waals surface area contributed by atoms with Crippen LogP contribution in [-0.2, 0) is 0 Å². The molecular weight excluding hydrogens is 352 g/mol. The number of thiophene rings is 1. The van der Waals surface area contributed by atoms with Crippen molar-refractivity contribution >= 4 is 45.4 Å². The molecule has 2 heterocycles. The first-order chi connectivity index (χ1) is 12.2. The average molecular weight is 365 g/mol. The van der Waals surface area contributed by atoms with Crippen molar-refractivity contribution in [1.82, 2.24) is 4.98 Å². The predicted molar refractivity (Wildman–Crippen MR) is 104 cm³/mol. The van der Waals surface area contributed by atoms with Crippen molar-refractivity contribution in [2.24, 2.45) is 0 Å². The molecule has 0 radical (unpaired) electrons. The Labute approximate surface area is 153 Å². The number of rotatable bonds is 3. The molecule has 0 bridgehead atoms. The van der Waals surface area contributed by atoms with E-state index in [4.69, 9.17) is 11.6 Å². The van der Waals surface area contributed by atoms with Crippen molar-refractivity contribution in [3.8, 4) is 10.6 Å². The van der Waals surface area contributed by atoms with Crippen molar-refractivity contribution < 1.29 is 4.79 Å². The molecule has 3 nitrogen and oxygen atoms in total. The second kappa shape index (κ2) is 6.67. The van der Waals surface area contributed by atoms with E-state index in [-0.39, 0.29) is 5.91 Å². The van der Waals surface area contributed by atoms with E-state index in [1.165, 1.54) is 0 Å². The maximum Gasteiger partial charge on any atom is 0.256 e. The van der Waals surface area contributed by atoms with Crippen LogP contribution in [0.2, 0.25) is 5.02 Å². The van der Waals surface area contributed by atoms with Crippen LogP contribution in [0.3, 0.4) is 0 Å². The molecular formula is C20H13ClN2OS. The van der Waals surface area contributed by atoms with E-state index < -0.39 is 0 Å². The summed E-state index contributed by atoms with van der Waals surface area (Å²) in [5.74, 6) is -0.204. The average Bonchev–Trinajstić information content (AvgIpc) is 3.17. The number of carbonyl (C=O) groups is 1. The smallest absolute Gasteiger partial charge is 0.256 e. The van der Waals surface area contributed by atoms with Crippen LogP contribution in [0.1, 0.15) is 10.4 Å². The fourth-order valence-corrected chi connectivity index (χ4v) is 3.54. The molecule has 25 heavy (non-hydrogen) atoms. The number of hydrogen-bond acceptors (Lipinski definition) is 3. The largest absolute Gasteiger partial charge is 0.321 e. The summed E-state index contributed by atoms with van der Waals surface area (Å²) < 4.78 is 0. The zero-order valence-corrected chi connectivity index (χ0v) is 14.6. The van der Waals surface area contributed by atoms with E-state index in [1.807, 2.05) is 60.0 Å². The fourth-order valence-electron chi connectivity index (χ4n) is 2.67. The van der Waals surface area contributed by atoms with Gasteiger partial charge in [0.2, 0.25) is 0 Å². The Morgan fingerprint density at radius 3 is 2.60 bits per heavy atom. The summed E-state index contributed by atoms with van der Waals surface area (Å²) in [4.78, 5) is 18.6. The van der Waals surface area contributed by atoms with Gasteiger partial charge in [-0.05, 0) is 35.7 Å². The summed E-state index contributed by atoms with van der Waals surface area (Å²) in [6.45, 7) is 0. The molecule has 0 aliphatic carbocycles. The van der Waals surface area contributed by atoms with Crippen molar-refractivity contribution in [3.05, 3.63) is 82.7 Å². The number of nitrogens with one attached hydrogen (secondary N) is 1. The molecule has 4 aromatic rings. The zero-order valence-electron chi connectivity index (χ0n) is 13.1. The quantitative estimate of drug-likeness (QED) is 0.494. The Hall–Kier alpha value is -2.69. The monoisotopic (exact) mass is 364 g/mol. The standard InChI is InChI=1S/C20H13ClN2OS/c21-15-7-2-4-9-17(15)23-20(24)14-12-18(19-10-5-11-25-19)22-16-8-3-1-6-13(14)16/h1-12H,(H,23,24). The molecule has 122 valence electrons. The first-order valence-electron chi connectivity index (χ1n) is 7.72. The first-order valence-corrected chi connectivity index (χ1v) is 8.98. The molecule has 0 fully saturated rings. The molecule has 2 aromatic carbocycles. The lowest BCUT2D eigenvalue weighted by molar-refractivity contribution is 0.102. The van der Waals surface area contributed by atoms with Gasteiger partial charge in [-0.3, -0.25) is 4.79 Å². The highest BCUT2D eigenvalue weighted by atomic mass is 35.5. The first kappa shape index (κ1) is 15.8. The molecule has 2 aromatic heterocycles. The van der Waals surface area contributed by atoms with Crippen molar-refractivity contribution in [3.63, 3.8) is 0 Å². The van der Waals surface area contributed by atoms with Gasteiger partial charge in [-0.25, -0.2) is 4.98 Å². The minimum absolute atomic E-state index is 0.204. The predicted octanol–water partition coefficient (Wildman–Crippen LogP) is 5.87. The molecule has 0 saturated heterocycles. The van der Waals surface area contributed by atoms with Crippen LogP contribution in [0.15, 0.2) is 72.1 Å². The molecule has 1 amide bonds. The number of carbonyl (C=O) groups excluding carboxylic acids is 1. The molecule has 0 aliphatic rings. The van der Waals surface area contributed by atoms with Gasteiger partial charge in [0.25, 0.3) is 5.91 Å². The molecule has 4 rings (SSSR count). The summed E-state index contributed by atoms with van der Waals surface area (Å²) in [6, 6.07) is 20.6. The van der Waals surface area contributed by atoms with Gasteiger partial charge in [0.1, 0.15) is 0 Å². The number of aromatic nitrogens is 1. The number of amides is 1. The lowest BCUT2D eigenvalue weighted by Gasteiger charge is -2.11. The third-order valence-electron chi connectivity index (χ3n) is 3.86. The minimum atomic E-state index is -0.204. The Balaban J connectivity index is 1.82. The Bertz CT molecular complexity index is 1060. The highest BCUT2D eigenvalue weighted by molar-refractivity contribution is 7.13. The normalized spacial score (nSPS) is 10.8. The number of hydrogen-bond donors (Lipinski definition) is 1. The number of benzene rings is 2. The van der Waals surface area contributed by atoms with Crippen LogP contribution < -0.4 is 5.32 Å². The van der Waals surface area contributed by atoms with E-state index in [2.05, 4.69) is 10.3 Å². The van der Waals surface area contributed by atoms with Gasteiger partial charge in [0.05, 0.1) is 32.4 Å². The van der Waals surface area contributed by atoms with Crippen LogP contribution in [0.25, 0.3) is 21.5 Å². The summed E-state index contributed by atoms with van der Waals surface area (Å²) in [7, 11) is 0. The van der Waals surface area contributed by atoms with Gasteiger partial charge in [-0.1, -0.05) is 48.0 Å². The van der Waals surface area contributed by atoms with Crippen molar-refractivity contribution in [2.45, 2.75) is 0 Å². The molecule has 0 saturated carbocycles. The van der Waals surface area contributed by atoms with E-state index in [0.717, 1.165) is 21.5 Å². The Morgan fingerprint density at radius 2 is 1.80 bits per heavy atom. The van der Waals surface area contributed by atoms with E-state index in [1.54, 1.807) is 23.5 Å². The Morgan fingerprint density at radius 1 is 1.00 bits per heavy atom. The van der Waals surface area contributed by atoms with E-state index in [0.29, 0.717) is 16.3 Å². The molecule has 0 spiro atoms. The third-order valence-corrected chi connectivity index (χ3v) is 5.08. The molecule has 1 N–H and O–H groups in total. The SMILES string of the molecule is O=C(Nc1ccccc1Cl)c1cc(-c2cccs2)nc2ccccc12. The van der Waals surface area contributed by atoms with Gasteiger partial charge < -0.3 is 5.32 Å². The summed E-state index contributed by atoms with van der Waals surface area (Å²) in [5, 5.41) is 6.21. The highest BCUT2D eigenvalue weighted by Crippen LogP contribution is 2.29. The zero-order chi connectivity index (χ0) is 17.2. The molecule has 0 atom stereocenters. The second-order valence-electron chi connectivity index (χ2n) is 5.48. The summed E-state index contributed by atoms with van der Waals surface area (Å²) >= 11 is 7.76. The van der Waals surface area contributed by atoms with Crippen LogP contribution in [-0.4, -0.2) is 10.9 Å². The minimum Gasteiger partial charge on any atom is -0.321 e. The van der Waals surface area contributed by atoms with Crippen LogP contribution in [0, 0.1) is 0 Å². The van der Waals surface area contributed by atoms with Crippen LogP contribution in [0.4, 0.5) is 5.69 Å². The highest BCUT2D eigenvalue weighted by Gasteiger charge is 2.15. The topological polar surface area (TPSA) is 42.0 Å². The van der Waals surface area contributed by atoms with E-state index >= 15 is 0 Å². The maximum atomic E-state index is 12.9. The number of anilines is 1. The number of para-hydroxylation sites is 2. The molecule has 0 unspecified atom stereocenters. The van der Waals surface area contributed by atoms with Crippen molar-refractivity contribution in [2.75, 3.05) is 5.32 Å². The number of pyridine rings is 1. The fraction of sp³-hybridized carbons (Fsp3) is 0. The lowest BCUT2D eigenvalue weighted by atomic mass is 10.1. The third kappa shape index (κ3) is 3.14. The van der Waals surface area contributed by atoms with Crippen LogP contribution in [0.5, 0.6) is 0 Å². The van der Waals surface area contributed by atoms with Crippen LogP contribution >= 0.6 is 22.9 Å². The van der Waals surface area contributed by atoms with Gasteiger partial charge in [0.15, 0.2) is 0 Å². The van der Waals surface area contributed by atoms with Gasteiger partial charge in [-0.2, -0.15) is 0 Å². The number of fused-ring (bicyclic) bond motifs is 1. The second-order valence-corrected chi connectivity index (χ2v) is 6.84. The Kier molecular flexibility index (Phi) is 4.22. The molecule has 5 heteroatoms. The van der Waals surface area contributed by atoms with Gasteiger partial charge >= 0.3 is 0 Å². The summed E-state index contributed by atoms with van der Waals surface area (Å²) in [6.07, 6.45) is 0. The number of halogens is 1. The van der Waals surface area contributed by atoms with Crippen molar-refractivity contribution in [1.29, 1.82) is 0 Å². The van der Waals surface area contributed by atoms with Gasteiger partial charge in [0, 0.05) is 5.39 Å².